The number of ether oxygens (including phenoxy) is 1. The van der Waals surface area contributed by atoms with Crippen molar-refractivity contribution in [2.45, 2.75) is 25.5 Å². The van der Waals surface area contributed by atoms with Crippen LogP contribution in [0.5, 0.6) is 0 Å². The second-order valence-electron chi connectivity index (χ2n) is 5.22. The summed E-state index contributed by atoms with van der Waals surface area (Å²) < 4.78 is 16.8. The average Bonchev–Trinajstić information content (AvgIpc) is 2.39. The van der Waals surface area contributed by atoms with Crippen molar-refractivity contribution in [2.75, 3.05) is 37.5 Å². The van der Waals surface area contributed by atoms with E-state index in [-0.39, 0.29) is 0 Å². The van der Waals surface area contributed by atoms with Crippen LogP contribution in [0, 0.1) is 6.92 Å². The molecule has 5 nitrogen and oxygen atoms in total. The maximum absolute atomic E-state index is 11.9. The fourth-order valence-corrected chi connectivity index (χ4v) is 2.36. The third-order valence-corrected chi connectivity index (χ3v) is 5.14. The Morgan fingerprint density at radius 3 is 2.53 bits per heavy atom. The van der Waals surface area contributed by atoms with Crippen LogP contribution in [0.3, 0.4) is 0 Å². The number of hydrogen-bond donors (Lipinski definition) is 0. The van der Waals surface area contributed by atoms with E-state index in [0.29, 0.717) is 0 Å². The van der Waals surface area contributed by atoms with Gasteiger partial charge < -0.3 is 9.64 Å². The van der Waals surface area contributed by atoms with Crippen molar-refractivity contribution in [2.24, 2.45) is 0 Å². The minimum Gasteiger partial charge on any atom is -0.378 e. The van der Waals surface area contributed by atoms with Gasteiger partial charge in [-0.25, -0.2) is 9.97 Å². The Balaban J connectivity index is 2.36. The summed E-state index contributed by atoms with van der Waals surface area (Å²) in [5.41, 5.74) is 0.835. The number of morpholine rings is 1. The van der Waals surface area contributed by atoms with Crippen molar-refractivity contribution < 1.29 is 8.95 Å². The van der Waals surface area contributed by atoms with Crippen molar-refractivity contribution >= 4 is 16.6 Å². The Labute approximate surface area is 116 Å². The lowest BCUT2D eigenvalue weighted by atomic mass is 10.1. The lowest BCUT2D eigenvalue weighted by Gasteiger charge is -2.29. The van der Waals surface area contributed by atoms with Gasteiger partial charge in [0.15, 0.2) is 0 Å². The van der Waals surface area contributed by atoms with Gasteiger partial charge in [0.05, 0.1) is 23.7 Å². The topological polar surface area (TPSA) is 55.3 Å². The average molecular weight is 283 g/mol. The third-order valence-electron chi connectivity index (χ3n) is 3.50. The van der Waals surface area contributed by atoms with Gasteiger partial charge in [-0.2, -0.15) is 0 Å². The molecule has 1 aromatic rings. The summed E-state index contributed by atoms with van der Waals surface area (Å²) in [5.74, 6) is 1.63. The first-order chi connectivity index (χ1) is 8.91. The lowest BCUT2D eigenvalue weighted by molar-refractivity contribution is 0.122. The van der Waals surface area contributed by atoms with Crippen molar-refractivity contribution in [1.82, 2.24) is 9.97 Å². The molecule has 1 aliphatic heterocycles. The molecule has 19 heavy (non-hydrogen) atoms. The molecule has 2 heterocycles. The molecule has 2 rings (SSSR count). The van der Waals surface area contributed by atoms with E-state index in [2.05, 4.69) is 14.9 Å². The predicted octanol–water partition coefficient (Wildman–Crippen LogP) is 1.24. The largest absolute Gasteiger partial charge is 0.378 e. The second kappa shape index (κ2) is 5.54. The van der Waals surface area contributed by atoms with Crippen molar-refractivity contribution in [3.63, 3.8) is 0 Å². The molecule has 1 aliphatic rings. The Bertz CT molecular complexity index is 485. The summed E-state index contributed by atoms with van der Waals surface area (Å²) in [6.07, 6.45) is 1.71. The molecule has 1 saturated heterocycles. The summed E-state index contributed by atoms with van der Waals surface area (Å²) in [4.78, 5) is 11.1. The summed E-state index contributed by atoms with van der Waals surface area (Å²) in [5, 5.41) is 0. The molecule has 0 radical (unpaired) electrons. The number of nitrogens with zero attached hydrogens (tertiary/aromatic N) is 3. The molecule has 0 saturated carbocycles. The van der Waals surface area contributed by atoms with Crippen molar-refractivity contribution in [3.05, 3.63) is 17.6 Å². The van der Waals surface area contributed by atoms with Crippen LogP contribution in [0.15, 0.2) is 6.07 Å². The Hall–Kier alpha value is -1.01. The minimum absolute atomic E-state index is 0.464. The van der Waals surface area contributed by atoms with E-state index in [1.165, 1.54) is 0 Å². The van der Waals surface area contributed by atoms with Gasteiger partial charge in [0.1, 0.15) is 11.6 Å². The molecule has 1 fully saturated rings. The van der Waals surface area contributed by atoms with E-state index < -0.39 is 15.5 Å². The van der Waals surface area contributed by atoms with Gasteiger partial charge in [-0.3, -0.25) is 4.21 Å². The number of anilines is 1. The van der Waals surface area contributed by atoms with Crippen LogP contribution in [-0.2, 0) is 20.3 Å². The smallest absolute Gasteiger partial charge is 0.132 e. The van der Waals surface area contributed by atoms with Gasteiger partial charge in [0.2, 0.25) is 0 Å². The normalized spacial score (nSPS) is 18.4. The molecule has 6 heteroatoms. The summed E-state index contributed by atoms with van der Waals surface area (Å²) in [6.45, 7) is 8.91. The SMILES string of the molecule is Cc1nc(N2CCOCC2)cc(C(C)(C)S(C)=O)n1. The highest BCUT2D eigenvalue weighted by Crippen LogP contribution is 2.27. The van der Waals surface area contributed by atoms with Gasteiger partial charge in [0.25, 0.3) is 0 Å². The van der Waals surface area contributed by atoms with Crippen LogP contribution < -0.4 is 4.90 Å². The van der Waals surface area contributed by atoms with Gasteiger partial charge in [0, 0.05) is 36.2 Å². The zero-order chi connectivity index (χ0) is 14.0. The standard InChI is InChI=1S/C13H21N3O2S/c1-10-14-11(13(2,3)19(4)17)9-12(15-10)16-5-7-18-8-6-16/h9H,5-8H2,1-4H3. The first-order valence-corrected chi connectivity index (χ1v) is 7.99. The maximum Gasteiger partial charge on any atom is 0.132 e. The van der Waals surface area contributed by atoms with Gasteiger partial charge in [-0.1, -0.05) is 0 Å². The Morgan fingerprint density at radius 2 is 1.95 bits per heavy atom. The quantitative estimate of drug-likeness (QED) is 0.835. The molecule has 106 valence electrons. The molecule has 0 spiro atoms. The molecule has 1 unspecified atom stereocenters. The molecule has 0 amide bonds. The van der Waals surface area contributed by atoms with E-state index in [1.54, 1.807) is 6.26 Å². The molecule has 0 N–H and O–H groups in total. The monoisotopic (exact) mass is 283 g/mol. The summed E-state index contributed by atoms with van der Waals surface area (Å²) >= 11 is 0. The van der Waals surface area contributed by atoms with Crippen LogP contribution in [-0.4, -0.2) is 46.7 Å². The van der Waals surface area contributed by atoms with Gasteiger partial charge in [-0.05, 0) is 20.8 Å². The molecule has 0 bridgehead atoms. The highest BCUT2D eigenvalue weighted by Gasteiger charge is 2.28. The fraction of sp³-hybridized carbons (Fsp3) is 0.692. The predicted molar refractivity (Wildman–Crippen MR) is 76.9 cm³/mol. The number of aromatic nitrogens is 2. The first kappa shape index (κ1) is 14.4. The molecular formula is C13H21N3O2S. The number of aryl methyl sites for hydroxylation is 1. The van der Waals surface area contributed by atoms with Crippen LogP contribution in [0.1, 0.15) is 25.4 Å². The third kappa shape index (κ3) is 3.12. The summed E-state index contributed by atoms with van der Waals surface area (Å²) in [6, 6.07) is 1.96. The Kier molecular flexibility index (Phi) is 4.20. The molecule has 0 aromatic carbocycles. The number of rotatable bonds is 3. The van der Waals surface area contributed by atoms with Crippen LogP contribution >= 0.6 is 0 Å². The van der Waals surface area contributed by atoms with Crippen LogP contribution in [0.4, 0.5) is 5.82 Å². The van der Waals surface area contributed by atoms with Gasteiger partial charge in [-0.15, -0.1) is 0 Å². The maximum atomic E-state index is 11.9. The molecular weight excluding hydrogens is 262 g/mol. The van der Waals surface area contributed by atoms with E-state index in [4.69, 9.17) is 4.74 Å². The van der Waals surface area contributed by atoms with E-state index in [1.807, 2.05) is 26.8 Å². The van der Waals surface area contributed by atoms with E-state index in [9.17, 15) is 4.21 Å². The van der Waals surface area contributed by atoms with Crippen LogP contribution in [0.2, 0.25) is 0 Å². The zero-order valence-corrected chi connectivity index (χ0v) is 12.8. The van der Waals surface area contributed by atoms with E-state index >= 15 is 0 Å². The highest BCUT2D eigenvalue weighted by molar-refractivity contribution is 7.85. The molecule has 1 aromatic heterocycles. The van der Waals surface area contributed by atoms with Crippen molar-refractivity contribution in [3.8, 4) is 0 Å². The van der Waals surface area contributed by atoms with Gasteiger partial charge >= 0.3 is 0 Å². The van der Waals surface area contributed by atoms with Crippen LogP contribution in [0.25, 0.3) is 0 Å². The highest BCUT2D eigenvalue weighted by atomic mass is 32.2. The summed E-state index contributed by atoms with van der Waals surface area (Å²) in [7, 11) is -0.982. The second-order valence-corrected chi connectivity index (χ2v) is 7.15. The zero-order valence-electron chi connectivity index (χ0n) is 12.0. The van der Waals surface area contributed by atoms with E-state index in [0.717, 1.165) is 43.6 Å². The molecule has 1 atom stereocenters. The first-order valence-electron chi connectivity index (χ1n) is 6.43. The Morgan fingerprint density at radius 1 is 1.32 bits per heavy atom. The number of hydrogen-bond acceptors (Lipinski definition) is 5. The fourth-order valence-electron chi connectivity index (χ4n) is 1.96. The molecule has 0 aliphatic carbocycles. The minimum atomic E-state index is -0.982. The van der Waals surface area contributed by atoms with Crippen molar-refractivity contribution in [1.29, 1.82) is 0 Å². The lowest BCUT2D eigenvalue weighted by Crippen LogP contribution is -2.37.